The predicted molar refractivity (Wildman–Crippen MR) is 108 cm³/mol. The van der Waals surface area contributed by atoms with Gasteiger partial charge in [0.2, 0.25) is 0 Å². The van der Waals surface area contributed by atoms with Crippen molar-refractivity contribution in [2.75, 3.05) is 6.61 Å². The highest BCUT2D eigenvalue weighted by Gasteiger charge is 2.18. The highest BCUT2D eigenvalue weighted by molar-refractivity contribution is 14.1. The Morgan fingerprint density at radius 2 is 1.81 bits per heavy atom. The van der Waals surface area contributed by atoms with Gasteiger partial charge in [0, 0.05) is 10.7 Å². The van der Waals surface area contributed by atoms with E-state index in [0.29, 0.717) is 5.56 Å². The minimum absolute atomic E-state index is 0.132. The van der Waals surface area contributed by atoms with Gasteiger partial charge in [0.05, 0.1) is 18.2 Å². The lowest BCUT2D eigenvalue weighted by Gasteiger charge is -2.17. The van der Waals surface area contributed by atoms with E-state index in [-0.39, 0.29) is 12.5 Å². The monoisotopic (exact) mass is 619 g/mol. The summed E-state index contributed by atoms with van der Waals surface area (Å²) in [5.74, 6) is -0.168. The maximum absolute atomic E-state index is 12.5. The first kappa shape index (κ1) is 17.4. The molecule has 6 heteroatoms. The summed E-state index contributed by atoms with van der Waals surface area (Å²) in [5, 5.41) is 12.4. The van der Waals surface area contributed by atoms with Crippen LogP contribution in [0.2, 0.25) is 0 Å². The van der Waals surface area contributed by atoms with Crippen molar-refractivity contribution in [3.8, 4) is 0 Å². The summed E-state index contributed by atoms with van der Waals surface area (Å²) in [4.78, 5) is 12.5. The van der Waals surface area contributed by atoms with E-state index in [2.05, 4.69) is 73.1 Å². The Balaban J connectivity index is 2.25. The first-order valence-corrected chi connectivity index (χ1v) is 9.37. The van der Waals surface area contributed by atoms with Gasteiger partial charge >= 0.3 is 0 Å². The van der Waals surface area contributed by atoms with Crippen LogP contribution in [0.1, 0.15) is 22.0 Å². The molecule has 0 spiro atoms. The van der Waals surface area contributed by atoms with E-state index in [1.807, 2.05) is 42.5 Å². The fourth-order valence-electron chi connectivity index (χ4n) is 1.88. The molecule has 0 aliphatic carbocycles. The van der Waals surface area contributed by atoms with Gasteiger partial charge in [-0.2, -0.15) is 0 Å². The normalized spacial score (nSPS) is 12.0. The summed E-state index contributed by atoms with van der Waals surface area (Å²) >= 11 is 6.60. The minimum Gasteiger partial charge on any atom is -0.394 e. The Morgan fingerprint density at radius 1 is 1.14 bits per heavy atom. The van der Waals surface area contributed by atoms with E-state index in [9.17, 15) is 9.90 Å². The lowest BCUT2D eigenvalue weighted by molar-refractivity contribution is 0.0915. The standard InChI is InChI=1S/C15H12I3NO2/c16-10-6-11(14(18)12(17)7-10)15(21)19-13(8-20)9-4-2-1-3-5-9/h1-7,13,20H,8H2,(H,19,21)/t13-/m1/s1. The van der Waals surface area contributed by atoms with Crippen molar-refractivity contribution in [3.63, 3.8) is 0 Å². The second-order valence-corrected chi connectivity index (χ2v) is 7.86. The van der Waals surface area contributed by atoms with Crippen molar-refractivity contribution >= 4 is 73.7 Å². The summed E-state index contributed by atoms with van der Waals surface area (Å²) in [6, 6.07) is 13.0. The van der Waals surface area contributed by atoms with Crippen LogP contribution in [0.25, 0.3) is 0 Å². The predicted octanol–water partition coefficient (Wildman–Crippen LogP) is 3.96. The van der Waals surface area contributed by atoms with E-state index >= 15 is 0 Å². The molecule has 21 heavy (non-hydrogen) atoms. The molecule has 0 aliphatic heterocycles. The molecule has 2 rings (SSSR count). The topological polar surface area (TPSA) is 49.3 Å². The molecule has 0 unspecified atom stereocenters. The van der Waals surface area contributed by atoms with Gasteiger partial charge in [-0.15, -0.1) is 0 Å². The van der Waals surface area contributed by atoms with Gasteiger partial charge in [0.25, 0.3) is 5.91 Å². The van der Waals surface area contributed by atoms with E-state index in [0.717, 1.165) is 16.3 Å². The van der Waals surface area contributed by atoms with Gasteiger partial charge in [-0.05, 0) is 85.5 Å². The quantitative estimate of drug-likeness (QED) is 0.403. The molecule has 2 aromatic carbocycles. The second-order valence-electron chi connectivity index (χ2n) is 4.37. The van der Waals surface area contributed by atoms with Crippen LogP contribution < -0.4 is 5.32 Å². The summed E-state index contributed by atoms with van der Waals surface area (Å²) < 4.78 is 2.99. The smallest absolute Gasteiger partial charge is 0.252 e. The average Bonchev–Trinajstić information content (AvgIpc) is 2.49. The highest BCUT2D eigenvalue weighted by atomic mass is 127. The molecular formula is C15H12I3NO2. The summed E-state index contributed by atoms with van der Waals surface area (Å²) in [5.41, 5.74) is 1.53. The summed E-state index contributed by atoms with van der Waals surface area (Å²) in [6.07, 6.45) is 0. The summed E-state index contributed by atoms with van der Waals surface area (Å²) in [7, 11) is 0. The number of hydrogen-bond donors (Lipinski definition) is 2. The van der Waals surface area contributed by atoms with Crippen LogP contribution >= 0.6 is 67.8 Å². The highest BCUT2D eigenvalue weighted by Crippen LogP contribution is 2.23. The lowest BCUT2D eigenvalue weighted by Crippen LogP contribution is -2.31. The largest absolute Gasteiger partial charge is 0.394 e. The molecule has 0 saturated carbocycles. The Morgan fingerprint density at radius 3 is 2.43 bits per heavy atom. The number of aliphatic hydroxyl groups is 1. The third kappa shape index (κ3) is 4.52. The molecule has 0 saturated heterocycles. The molecule has 2 N–H and O–H groups in total. The van der Waals surface area contributed by atoms with Crippen LogP contribution in [0, 0.1) is 10.7 Å². The van der Waals surface area contributed by atoms with Crippen LogP contribution in [-0.4, -0.2) is 17.6 Å². The molecule has 0 bridgehead atoms. The van der Waals surface area contributed by atoms with Gasteiger partial charge < -0.3 is 10.4 Å². The third-order valence-corrected chi connectivity index (χ3v) is 6.60. The number of nitrogens with one attached hydrogen (secondary N) is 1. The van der Waals surface area contributed by atoms with Crippen LogP contribution in [-0.2, 0) is 0 Å². The minimum atomic E-state index is -0.398. The molecule has 3 nitrogen and oxygen atoms in total. The average molecular weight is 619 g/mol. The van der Waals surface area contributed by atoms with Crippen LogP contribution in [0.3, 0.4) is 0 Å². The number of carbonyl (C=O) groups excluding carboxylic acids is 1. The molecule has 1 amide bonds. The Kier molecular flexibility index (Phi) is 6.69. The number of rotatable bonds is 4. The maximum atomic E-state index is 12.5. The Bertz CT molecular complexity index is 647. The summed E-state index contributed by atoms with van der Waals surface area (Å²) in [6.45, 7) is -0.132. The van der Waals surface area contributed by atoms with E-state index < -0.39 is 6.04 Å². The van der Waals surface area contributed by atoms with Crippen molar-refractivity contribution in [2.24, 2.45) is 0 Å². The molecular weight excluding hydrogens is 607 g/mol. The lowest BCUT2D eigenvalue weighted by atomic mass is 10.1. The molecule has 2 aromatic rings. The number of aliphatic hydroxyl groups excluding tert-OH is 1. The molecule has 0 aromatic heterocycles. The third-order valence-electron chi connectivity index (χ3n) is 2.93. The maximum Gasteiger partial charge on any atom is 0.252 e. The zero-order chi connectivity index (χ0) is 15.4. The van der Waals surface area contributed by atoms with Crippen LogP contribution in [0.4, 0.5) is 0 Å². The van der Waals surface area contributed by atoms with E-state index in [4.69, 9.17) is 0 Å². The Hall–Kier alpha value is 0.0600. The van der Waals surface area contributed by atoms with E-state index in [1.165, 1.54) is 0 Å². The molecule has 0 heterocycles. The van der Waals surface area contributed by atoms with Crippen LogP contribution in [0.5, 0.6) is 0 Å². The van der Waals surface area contributed by atoms with Crippen molar-refractivity contribution in [3.05, 3.63) is 64.3 Å². The van der Waals surface area contributed by atoms with Crippen LogP contribution in [0.15, 0.2) is 42.5 Å². The molecule has 0 aliphatic rings. The molecule has 0 radical (unpaired) electrons. The zero-order valence-corrected chi connectivity index (χ0v) is 17.3. The van der Waals surface area contributed by atoms with Gasteiger partial charge in [-0.3, -0.25) is 4.79 Å². The Labute approximate surface area is 164 Å². The molecule has 1 atom stereocenters. The van der Waals surface area contributed by atoms with Gasteiger partial charge in [0.1, 0.15) is 0 Å². The van der Waals surface area contributed by atoms with E-state index in [1.54, 1.807) is 0 Å². The SMILES string of the molecule is O=C(N[C@H](CO)c1ccccc1)c1cc(I)cc(I)c1I. The fourth-order valence-corrected chi connectivity index (χ4v) is 4.28. The second kappa shape index (κ2) is 8.06. The molecule has 0 fully saturated rings. The van der Waals surface area contributed by atoms with Gasteiger partial charge in [0.15, 0.2) is 0 Å². The first-order valence-electron chi connectivity index (χ1n) is 6.14. The number of amides is 1. The van der Waals surface area contributed by atoms with Crippen molar-refractivity contribution in [1.29, 1.82) is 0 Å². The number of benzene rings is 2. The van der Waals surface area contributed by atoms with Crippen molar-refractivity contribution in [1.82, 2.24) is 5.32 Å². The fraction of sp³-hybridized carbons (Fsp3) is 0.133. The number of carbonyl (C=O) groups is 1. The van der Waals surface area contributed by atoms with Gasteiger partial charge in [-0.1, -0.05) is 30.3 Å². The van der Waals surface area contributed by atoms with Crippen molar-refractivity contribution < 1.29 is 9.90 Å². The van der Waals surface area contributed by atoms with Gasteiger partial charge in [-0.25, -0.2) is 0 Å². The molecule has 110 valence electrons. The number of hydrogen-bond acceptors (Lipinski definition) is 2. The number of halogens is 3. The first-order chi connectivity index (χ1) is 10.0. The zero-order valence-electron chi connectivity index (χ0n) is 10.8. The van der Waals surface area contributed by atoms with Crippen molar-refractivity contribution in [2.45, 2.75) is 6.04 Å².